The molecule has 0 bridgehead atoms. The number of aliphatic imine (C=N–C) groups is 1. The number of hydrogen-bond acceptors (Lipinski definition) is 3. The van der Waals surface area contributed by atoms with Crippen LogP contribution in [0.3, 0.4) is 0 Å². The predicted octanol–water partition coefficient (Wildman–Crippen LogP) is 4.56. The van der Waals surface area contributed by atoms with Gasteiger partial charge in [-0.05, 0) is 42.8 Å². The molecule has 0 saturated heterocycles. The van der Waals surface area contributed by atoms with Crippen LogP contribution in [0.5, 0.6) is 0 Å². The van der Waals surface area contributed by atoms with E-state index in [2.05, 4.69) is 34.8 Å². The van der Waals surface area contributed by atoms with Gasteiger partial charge < -0.3 is 14.6 Å². The molecule has 2 aromatic rings. The molecule has 25 heavy (non-hydrogen) atoms. The average Bonchev–Trinajstić information content (AvgIpc) is 3.34. The molecule has 0 amide bonds. The van der Waals surface area contributed by atoms with E-state index in [0.717, 1.165) is 37.7 Å². The summed E-state index contributed by atoms with van der Waals surface area (Å²) in [6.45, 7) is 1.74. The van der Waals surface area contributed by atoms with Gasteiger partial charge in [0, 0.05) is 37.5 Å². The van der Waals surface area contributed by atoms with Gasteiger partial charge in [-0.1, -0.05) is 18.9 Å². The molecule has 1 aliphatic carbocycles. The van der Waals surface area contributed by atoms with Crippen LogP contribution >= 0.6 is 35.3 Å². The van der Waals surface area contributed by atoms with Crippen molar-refractivity contribution < 1.29 is 4.42 Å². The zero-order chi connectivity index (χ0) is 16.6. The van der Waals surface area contributed by atoms with E-state index < -0.39 is 0 Å². The summed E-state index contributed by atoms with van der Waals surface area (Å²) < 4.78 is 5.40. The Morgan fingerprint density at radius 1 is 1.28 bits per heavy atom. The van der Waals surface area contributed by atoms with Crippen LogP contribution in [0.1, 0.15) is 36.3 Å². The van der Waals surface area contributed by atoms with Crippen molar-refractivity contribution in [2.75, 3.05) is 20.1 Å². The molecule has 0 spiro atoms. The Kier molecular flexibility index (Phi) is 8.81. The van der Waals surface area contributed by atoms with Gasteiger partial charge in [-0.15, -0.1) is 35.3 Å². The normalized spacial score (nSPS) is 15.2. The third-order valence-corrected chi connectivity index (χ3v) is 5.46. The van der Waals surface area contributed by atoms with Crippen LogP contribution in [0.15, 0.2) is 45.3 Å². The van der Waals surface area contributed by atoms with Crippen LogP contribution in [0.4, 0.5) is 0 Å². The van der Waals surface area contributed by atoms with E-state index in [1.807, 2.05) is 23.5 Å². The Morgan fingerprint density at radius 3 is 2.80 bits per heavy atom. The lowest BCUT2D eigenvalue weighted by molar-refractivity contribution is 0.464. The van der Waals surface area contributed by atoms with Crippen LogP contribution in [0.25, 0.3) is 0 Å². The maximum absolute atomic E-state index is 5.40. The maximum atomic E-state index is 5.40. The zero-order valence-electron chi connectivity index (χ0n) is 14.8. The highest BCUT2D eigenvalue weighted by molar-refractivity contribution is 14.0. The largest absolute Gasteiger partial charge is 0.469 e. The molecule has 1 aliphatic rings. The molecular formula is C19H28IN3OS. The van der Waals surface area contributed by atoms with Crippen LogP contribution in [0.2, 0.25) is 0 Å². The number of hydrogen-bond donors (Lipinski definition) is 1. The van der Waals surface area contributed by atoms with Crippen molar-refractivity contribution >= 4 is 41.3 Å². The lowest BCUT2D eigenvalue weighted by Crippen LogP contribution is -2.44. The highest BCUT2D eigenvalue weighted by atomic mass is 127. The third kappa shape index (κ3) is 6.66. The molecule has 1 saturated carbocycles. The molecule has 6 heteroatoms. The topological polar surface area (TPSA) is 40.8 Å². The summed E-state index contributed by atoms with van der Waals surface area (Å²) in [5, 5.41) is 5.82. The second kappa shape index (κ2) is 10.9. The lowest BCUT2D eigenvalue weighted by atomic mass is 10.2. The minimum absolute atomic E-state index is 0. The minimum atomic E-state index is 0. The Morgan fingerprint density at radius 2 is 2.12 bits per heavy atom. The fraction of sp³-hybridized carbons (Fsp3) is 0.526. The number of furan rings is 1. The number of nitrogens with one attached hydrogen (secondary N) is 1. The van der Waals surface area contributed by atoms with Crippen molar-refractivity contribution in [2.24, 2.45) is 4.99 Å². The number of thiophene rings is 1. The third-order valence-electron chi connectivity index (χ3n) is 4.52. The summed E-state index contributed by atoms with van der Waals surface area (Å²) in [4.78, 5) is 8.53. The van der Waals surface area contributed by atoms with Gasteiger partial charge in [-0.2, -0.15) is 0 Å². The van der Waals surface area contributed by atoms with E-state index in [9.17, 15) is 0 Å². The lowest BCUT2D eigenvalue weighted by Gasteiger charge is -2.25. The van der Waals surface area contributed by atoms with Gasteiger partial charge in [0.2, 0.25) is 0 Å². The van der Waals surface area contributed by atoms with Gasteiger partial charge in [-0.25, -0.2) is 0 Å². The Bertz CT molecular complexity index is 607. The van der Waals surface area contributed by atoms with Crippen molar-refractivity contribution in [3.05, 3.63) is 46.5 Å². The highest BCUT2D eigenvalue weighted by Gasteiger charge is 2.18. The summed E-state index contributed by atoms with van der Waals surface area (Å²) >= 11 is 1.83. The van der Waals surface area contributed by atoms with Crippen LogP contribution in [-0.4, -0.2) is 37.0 Å². The second-order valence-electron chi connectivity index (χ2n) is 6.41. The van der Waals surface area contributed by atoms with Gasteiger partial charge in [0.1, 0.15) is 5.76 Å². The SMILES string of the molecule is CN(CCc1cccs1)C(=NCCc1ccco1)NC1CCCC1.I. The number of likely N-dealkylation sites (N-methyl/N-ethyl adjacent to an activating group) is 1. The second-order valence-corrected chi connectivity index (χ2v) is 7.44. The van der Waals surface area contributed by atoms with Gasteiger partial charge in [0.15, 0.2) is 5.96 Å². The van der Waals surface area contributed by atoms with Gasteiger partial charge >= 0.3 is 0 Å². The standard InChI is InChI=1S/C19H27N3OS.HI/c1-22(13-11-18-9-5-15-24-18)19(21-16-6-2-3-7-16)20-12-10-17-8-4-14-23-17;/h4-5,8-9,14-16H,2-3,6-7,10-13H2,1H3,(H,20,21);1H. The quantitative estimate of drug-likeness (QED) is 0.364. The van der Waals surface area contributed by atoms with Gasteiger partial charge in [0.05, 0.1) is 6.26 Å². The molecule has 0 atom stereocenters. The van der Waals surface area contributed by atoms with E-state index in [-0.39, 0.29) is 24.0 Å². The predicted molar refractivity (Wildman–Crippen MR) is 116 cm³/mol. The van der Waals surface area contributed by atoms with Crippen LogP contribution in [0, 0.1) is 0 Å². The van der Waals surface area contributed by atoms with Crippen molar-refractivity contribution in [2.45, 2.75) is 44.6 Å². The number of nitrogens with zero attached hydrogens (tertiary/aromatic N) is 2. The van der Waals surface area contributed by atoms with E-state index >= 15 is 0 Å². The molecule has 1 N–H and O–H groups in total. The van der Waals surface area contributed by atoms with E-state index in [1.165, 1.54) is 30.6 Å². The monoisotopic (exact) mass is 473 g/mol. The molecule has 0 unspecified atom stereocenters. The molecule has 138 valence electrons. The van der Waals surface area contributed by atoms with Crippen molar-refractivity contribution in [3.8, 4) is 0 Å². The summed E-state index contributed by atoms with van der Waals surface area (Å²) in [6, 6.07) is 8.85. The van der Waals surface area contributed by atoms with Gasteiger partial charge in [0.25, 0.3) is 0 Å². The zero-order valence-corrected chi connectivity index (χ0v) is 18.0. The molecule has 0 aromatic carbocycles. The molecule has 0 aliphatic heterocycles. The molecule has 2 heterocycles. The minimum Gasteiger partial charge on any atom is -0.469 e. The molecular weight excluding hydrogens is 445 g/mol. The molecule has 2 aromatic heterocycles. The Balaban J connectivity index is 0.00000225. The summed E-state index contributed by atoms with van der Waals surface area (Å²) in [7, 11) is 2.14. The Hall–Kier alpha value is -1.02. The first-order chi connectivity index (χ1) is 11.8. The van der Waals surface area contributed by atoms with Gasteiger partial charge in [-0.3, -0.25) is 4.99 Å². The van der Waals surface area contributed by atoms with Crippen molar-refractivity contribution in [1.82, 2.24) is 10.2 Å². The number of rotatable bonds is 7. The molecule has 4 nitrogen and oxygen atoms in total. The summed E-state index contributed by atoms with van der Waals surface area (Å²) in [5.74, 6) is 2.03. The first-order valence-corrected chi connectivity index (χ1v) is 9.76. The Labute approximate surface area is 171 Å². The molecule has 3 rings (SSSR count). The fourth-order valence-electron chi connectivity index (χ4n) is 3.09. The number of guanidine groups is 1. The first-order valence-electron chi connectivity index (χ1n) is 8.88. The summed E-state index contributed by atoms with van der Waals surface area (Å²) in [6.07, 6.45) is 8.82. The van der Waals surface area contributed by atoms with Crippen LogP contribution in [-0.2, 0) is 12.8 Å². The molecule has 1 fully saturated rings. The first kappa shape index (κ1) is 20.3. The van der Waals surface area contributed by atoms with E-state index in [1.54, 1.807) is 6.26 Å². The smallest absolute Gasteiger partial charge is 0.193 e. The number of halogens is 1. The molecule has 0 radical (unpaired) electrons. The average molecular weight is 473 g/mol. The van der Waals surface area contributed by atoms with E-state index in [0.29, 0.717) is 6.04 Å². The van der Waals surface area contributed by atoms with Crippen molar-refractivity contribution in [1.29, 1.82) is 0 Å². The highest BCUT2D eigenvalue weighted by Crippen LogP contribution is 2.18. The fourth-order valence-corrected chi connectivity index (χ4v) is 3.79. The van der Waals surface area contributed by atoms with Crippen LogP contribution < -0.4 is 5.32 Å². The van der Waals surface area contributed by atoms with E-state index in [4.69, 9.17) is 9.41 Å². The summed E-state index contributed by atoms with van der Waals surface area (Å²) in [5.41, 5.74) is 0. The van der Waals surface area contributed by atoms with Crippen molar-refractivity contribution in [3.63, 3.8) is 0 Å². The maximum Gasteiger partial charge on any atom is 0.193 e.